The second-order valence-corrected chi connectivity index (χ2v) is 12.6. The highest BCUT2D eigenvalue weighted by molar-refractivity contribution is 6.36. The molecule has 9 nitrogen and oxygen atoms in total. The molecular weight excluding hydrogens is 625 g/mol. The standard InChI is InChI=1S/C35H43Cl2N5O4/c1-4-39-9-11-40(12-10-39)24-26-19-32(36)31(33(37)20-26)22-34(43)42-15-13-41(14-16-42)28-7-5-27(6-8-28)35(44)38-23-25-17-29(45-2)21-30(18-25)46-3/h5-8,17-21H,4,9-16,22-24H2,1-3H3,(H,38,44). The van der Waals surface area contributed by atoms with Crippen LogP contribution in [0.3, 0.4) is 0 Å². The lowest BCUT2D eigenvalue weighted by atomic mass is 10.1. The molecule has 46 heavy (non-hydrogen) atoms. The number of rotatable bonds is 11. The molecule has 0 saturated carbocycles. The van der Waals surface area contributed by atoms with Crippen LogP contribution < -0.4 is 19.7 Å². The molecule has 0 atom stereocenters. The van der Waals surface area contributed by atoms with Crippen molar-refractivity contribution in [1.29, 1.82) is 0 Å². The van der Waals surface area contributed by atoms with E-state index in [2.05, 4.69) is 26.9 Å². The van der Waals surface area contributed by atoms with Crippen molar-refractivity contribution in [3.63, 3.8) is 0 Å². The predicted molar refractivity (Wildman–Crippen MR) is 184 cm³/mol. The Hall–Kier alpha value is -3.50. The average molecular weight is 669 g/mol. The number of nitrogens with one attached hydrogen (secondary N) is 1. The number of nitrogens with zero attached hydrogens (tertiary/aromatic N) is 4. The number of amides is 2. The van der Waals surface area contributed by atoms with Crippen LogP contribution in [0.4, 0.5) is 5.69 Å². The number of likely N-dealkylation sites (N-methyl/N-ethyl adjacent to an activating group) is 1. The average Bonchev–Trinajstić information content (AvgIpc) is 3.09. The van der Waals surface area contributed by atoms with E-state index in [0.717, 1.165) is 56.1 Å². The Labute approximate surface area is 281 Å². The second-order valence-electron chi connectivity index (χ2n) is 11.7. The van der Waals surface area contributed by atoms with Gasteiger partial charge in [0.05, 0.1) is 20.6 Å². The van der Waals surface area contributed by atoms with E-state index in [1.54, 1.807) is 20.3 Å². The molecule has 0 unspecified atom stereocenters. The minimum Gasteiger partial charge on any atom is -0.497 e. The van der Waals surface area contributed by atoms with E-state index in [1.807, 2.05) is 53.4 Å². The van der Waals surface area contributed by atoms with Crippen LogP contribution in [-0.4, -0.2) is 99.6 Å². The molecule has 1 N–H and O–H groups in total. The lowest BCUT2D eigenvalue weighted by Gasteiger charge is -2.36. The molecule has 2 saturated heterocycles. The summed E-state index contributed by atoms with van der Waals surface area (Å²) in [5.74, 6) is 1.20. The van der Waals surface area contributed by atoms with Gasteiger partial charge in [-0.15, -0.1) is 0 Å². The van der Waals surface area contributed by atoms with Crippen molar-refractivity contribution in [3.05, 3.63) is 86.9 Å². The Bertz CT molecular complexity index is 1460. The Kier molecular flexibility index (Phi) is 11.7. The van der Waals surface area contributed by atoms with Crippen molar-refractivity contribution >= 4 is 40.7 Å². The summed E-state index contributed by atoms with van der Waals surface area (Å²) in [6.07, 6.45) is 0.180. The van der Waals surface area contributed by atoms with E-state index in [0.29, 0.717) is 65.4 Å². The number of carbonyl (C=O) groups excluding carboxylic acids is 2. The summed E-state index contributed by atoms with van der Waals surface area (Å²) in [6.45, 7) is 11.2. The molecule has 11 heteroatoms. The molecule has 0 aromatic heterocycles. The van der Waals surface area contributed by atoms with Crippen molar-refractivity contribution in [3.8, 4) is 11.5 Å². The van der Waals surface area contributed by atoms with Crippen LogP contribution in [0.5, 0.6) is 11.5 Å². The summed E-state index contributed by atoms with van der Waals surface area (Å²) in [5, 5.41) is 4.06. The fraction of sp³-hybridized carbons (Fsp3) is 0.429. The van der Waals surface area contributed by atoms with Crippen LogP contribution in [0.25, 0.3) is 0 Å². The number of hydrogen-bond donors (Lipinski definition) is 1. The first-order valence-corrected chi connectivity index (χ1v) is 16.6. The number of benzene rings is 3. The highest BCUT2D eigenvalue weighted by Crippen LogP contribution is 2.29. The van der Waals surface area contributed by atoms with Gasteiger partial charge in [0.15, 0.2) is 0 Å². The monoisotopic (exact) mass is 667 g/mol. The first-order valence-electron chi connectivity index (χ1n) is 15.8. The first-order chi connectivity index (χ1) is 22.3. The maximum absolute atomic E-state index is 13.3. The summed E-state index contributed by atoms with van der Waals surface area (Å²) >= 11 is 13.3. The first kappa shape index (κ1) is 33.9. The molecule has 3 aromatic carbocycles. The lowest BCUT2D eigenvalue weighted by Crippen LogP contribution is -2.49. The van der Waals surface area contributed by atoms with Crippen LogP contribution in [-0.2, 0) is 24.3 Å². The second kappa shape index (κ2) is 15.9. The molecule has 3 aromatic rings. The lowest BCUT2D eigenvalue weighted by molar-refractivity contribution is -0.130. The number of hydrogen-bond acceptors (Lipinski definition) is 7. The van der Waals surface area contributed by atoms with Gasteiger partial charge in [0, 0.05) is 92.8 Å². The number of anilines is 1. The van der Waals surface area contributed by atoms with Crippen molar-refractivity contribution in [2.24, 2.45) is 0 Å². The van der Waals surface area contributed by atoms with E-state index in [9.17, 15) is 9.59 Å². The molecule has 0 bridgehead atoms. The van der Waals surface area contributed by atoms with Crippen molar-refractivity contribution in [1.82, 2.24) is 20.0 Å². The SMILES string of the molecule is CCN1CCN(Cc2cc(Cl)c(CC(=O)N3CCN(c4ccc(C(=O)NCc5cc(OC)cc(OC)c5)cc4)CC3)c(Cl)c2)CC1. The van der Waals surface area contributed by atoms with Gasteiger partial charge in [-0.1, -0.05) is 30.1 Å². The van der Waals surface area contributed by atoms with E-state index in [-0.39, 0.29) is 18.2 Å². The smallest absolute Gasteiger partial charge is 0.251 e. The van der Waals surface area contributed by atoms with Gasteiger partial charge in [0.1, 0.15) is 11.5 Å². The molecule has 2 fully saturated rings. The van der Waals surface area contributed by atoms with Gasteiger partial charge in [-0.2, -0.15) is 0 Å². The molecule has 246 valence electrons. The van der Waals surface area contributed by atoms with Crippen LogP contribution >= 0.6 is 23.2 Å². The highest BCUT2D eigenvalue weighted by Gasteiger charge is 2.24. The van der Waals surface area contributed by atoms with E-state index in [1.165, 1.54) is 0 Å². The van der Waals surface area contributed by atoms with Gasteiger partial charge >= 0.3 is 0 Å². The largest absolute Gasteiger partial charge is 0.497 e. The van der Waals surface area contributed by atoms with Crippen molar-refractivity contribution < 1.29 is 19.1 Å². The van der Waals surface area contributed by atoms with Crippen molar-refractivity contribution in [2.45, 2.75) is 26.4 Å². The number of methoxy groups -OCH3 is 2. The zero-order valence-electron chi connectivity index (χ0n) is 26.9. The molecule has 2 heterocycles. The zero-order chi connectivity index (χ0) is 32.6. The Morgan fingerprint density at radius 1 is 0.761 bits per heavy atom. The Morgan fingerprint density at radius 3 is 1.91 bits per heavy atom. The molecule has 0 spiro atoms. The fourth-order valence-electron chi connectivity index (χ4n) is 5.99. The molecule has 2 aliphatic heterocycles. The molecular formula is C35H43Cl2N5O4. The minimum absolute atomic E-state index is 0.0209. The van der Waals surface area contributed by atoms with Gasteiger partial charge in [-0.3, -0.25) is 14.5 Å². The Morgan fingerprint density at radius 2 is 1.35 bits per heavy atom. The number of halogens is 2. The molecule has 2 aliphatic rings. The minimum atomic E-state index is -0.163. The third-order valence-electron chi connectivity index (χ3n) is 8.84. The third kappa shape index (κ3) is 8.64. The van der Waals surface area contributed by atoms with E-state index < -0.39 is 0 Å². The van der Waals surface area contributed by atoms with Crippen LogP contribution in [0, 0.1) is 0 Å². The Balaban J connectivity index is 1.09. The summed E-state index contributed by atoms with van der Waals surface area (Å²) in [6, 6.07) is 17.0. The molecule has 2 amide bonds. The van der Waals surface area contributed by atoms with Gasteiger partial charge in [-0.05, 0) is 71.8 Å². The van der Waals surface area contributed by atoms with Crippen LogP contribution in [0.2, 0.25) is 10.0 Å². The summed E-state index contributed by atoms with van der Waals surface area (Å²) in [4.78, 5) is 35.0. The van der Waals surface area contributed by atoms with Gasteiger partial charge in [-0.25, -0.2) is 0 Å². The number of carbonyl (C=O) groups is 2. The highest BCUT2D eigenvalue weighted by atomic mass is 35.5. The van der Waals surface area contributed by atoms with E-state index in [4.69, 9.17) is 32.7 Å². The van der Waals surface area contributed by atoms with Crippen LogP contribution in [0.1, 0.15) is 34.0 Å². The maximum Gasteiger partial charge on any atom is 0.251 e. The van der Waals surface area contributed by atoms with Gasteiger partial charge < -0.3 is 29.5 Å². The summed E-state index contributed by atoms with van der Waals surface area (Å²) in [5.41, 5.74) is 4.23. The quantitative estimate of drug-likeness (QED) is 0.310. The predicted octanol–water partition coefficient (Wildman–Crippen LogP) is 4.97. The molecule has 0 radical (unpaired) electrons. The zero-order valence-corrected chi connectivity index (χ0v) is 28.4. The third-order valence-corrected chi connectivity index (χ3v) is 9.51. The normalized spacial score (nSPS) is 15.9. The maximum atomic E-state index is 13.3. The molecule has 0 aliphatic carbocycles. The van der Waals surface area contributed by atoms with E-state index >= 15 is 0 Å². The van der Waals surface area contributed by atoms with Gasteiger partial charge in [0.2, 0.25) is 5.91 Å². The fourth-order valence-corrected chi connectivity index (χ4v) is 6.66. The summed E-state index contributed by atoms with van der Waals surface area (Å²) < 4.78 is 10.6. The van der Waals surface area contributed by atoms with Crippen molar-refractivity contribution in [2.75, 3.05) is 78.0 Å². The molecule has 5 rings (SSSR count). The number of ether oxygens (including phenoxy) is 2. The number of piperazine rings is 2. The topological polar surface area (TPSA) is 77.6 Å². The summed E-state index contributed by atoms with van der Waals surface area (Å²) in [7, 11) is 3.19. The van der Waals surface area contributed by atoms with Crippen LogP contribution in [0.15, 0.2) is 54.6 Å². The van der Waals surface area contributed by atoms with Gasteiger partial charge in [0.25, 0.3) is 5.91 Å².